The minimum Gasteiger partial charge on any atom is -0.200 e. The van der Waals surface area contributed by atoms with Gasteiger partial charge in [-0.3, -0.25) is 0 Å². The van der Waals surface area contributed by atoms with Crippen LogP contribution < -0.4 is 21.0 Å². The van der Waals surface area contributed by atoms with Crippen LogP contribution in [0.1, 0.15) is 19.8 Å². The van der Waals surface area contributed by atoms with E-state index >= 15 is 0 Å². The first-order valence-electron chi connectivity index (χ1n) is 11.1. The zero-order valence-corrected chi connectivity index (χ0v) is 19.2. The molecule has 0 spiro atoms. The van der Waals surface area contributed by atoms with Gasteiger partial charge < -0.3 is 0 Å². The Labute approximate surface area is 192 Å². The fourth-order valence-electron chi connectivity index (χ4n) is 4.43. The van der Waals surface area contributed by atoms with E-state index in [1.54, 1.807) is 0 Å². The van der Waals surface area contributed by atoms with Gasteiger partial charge in [-0.25, -0.2) is 0 Å². The van der Waals surface area contributed by atoms with Crippen LogP contribution in [0.3, 0.4) is 0 Å². The number of unbranched alkanes of at least 4 members (excludes halogenated alkanes) is 1. The smallest absolute Gasteiger partial charge is 0.200 e. The minimum absolute atomic E-state index is 0.757. The highest BCUT2D eigenvalue weighted by Crippen LogP contribution is 2.16. The Kier molecular flexibility index (Phi) is 8.49. The Hall–Kier alpha value is -2.84. The first kappa shape index (κ1) is 22.8. The Morgan fingerprint density at radius 2 is 1.06 bits per heavy atom. The summed E-state index contributed by atoms with van der Waals surface area (Å²) in [6, 6.07) is 38.9. The van der Waals surface area contributed by atoms with Gasteiger partial charge in [-0.2, -0.15) is 27.3 Å². The average molecular weight is 428 g/mol. The third-order valence-electron chi connectivity index (χ3n) is 6.09. The number of rotatable bonds is 6. The largest absolute Gasteiger partial charge is 0.274 e. The molecule has 158 valence electrons. The van der Waals surface area contributed by atoms with Crippen molar-refractivity contribution in [2.24, 2.45) is 7.05 Å². The van der Waals surface area contributed by atoms with Crippen LogP contribution in [0.15, 0.2) is 115 Å². The SMILES string of the molecule is CCCC[B-](c1ccccc1)(c1ccccc1)c1ccccc1.C[n+]1ccccc1Cl. The van der Waals surface area contributed by atoms with Gasteiger partial charge in [-0.15, -0.1) is 0 Å². The lowest BCUT2D eigenvalue weighted by atomic mass is 9.14. The van der Waals surface area contributed by atoms with Gasteiger partial charge in [0.1, 0.15) is 7.05 Å². The maximum absolute atomic E-state index is 5.67. The zero-order chi connectivity index (χ0) is 21.9. The summed E-state index contributed by atoms with van der Waals surface area (Å²) in [6.07, 6.45) is 4.63. The van der Waals surface area contributed by atoms with Gasteiger partial charge in [-0.1, -0.05) is 111 Å². The molecule has 0 aliphatic heterocycles. The lowest BCUT2D eigenvalue weighted by Gasteiger charge is -2.43. The van der Waals surface area contributed by atoms with E-state index in [2.05, 4.69) is 97.9 Å². The molecule has 3 heteroatoms. The molecule has 4 rings (SSSR count). The van der Waals surface area contributed by atoms with E-state index in [0.717, 1.165) is 5.15 Å². The highest BCUT2D eigenvalue weighted by molar-refractivity contribution is 7.11. The van der Waals surface area contributed by atoms with E-state index in [0.29, 0.717) is 0 Å². The summed E-state index contributed by atoms with van der Waals surface area (Å²) < 4.78 is 1.85. The van der Waals surface area contributed by atoms with E-state index in [9.17, 15) is 0 Å². The number of hydrogen-bond donors (Lipinski definition) is 0. The lowest BCUT2D eigenvalue weighted by molar-refractivity contribution is -0.669. The normalized spacial score (nSPS) is 10.8. The molecular weight excluding hydrogens is 397 g/mol. The number of halogens is 1. The van der Waals surface area contributed by atoms with Crippen molar-refractivity contribution in [3.05, 3.63) is 121 Å². The van der Waals surface area contributed by atoms with Crippen molar-refractivity contribution < 1.29 is 4.57 Å². The molecular formula is C28H31BClN. The van der Waals surface area contributed by atoms with Gasteiger partial charge in [0.2, 0.25) is 0 Å². The highest BCUT2D eigenvalue weighted by atomic mass is 35.5. The van der Waals surface area contributed by atoms with E-state index in [4.69, 9.17) is 11.6 Å². The predicted molar refractivity (Wildman–Crippen MR) is 136 cm³/mol. The molecule has 1 nitrogen and oxygen atoms in total. The molecule has 31 heavy (non-hydrogen) atoms. The second-order valence-electron chi connectivity index (χ2n) is 8.05. The number of benzene rings is 3. The Bertz CT molecular complexity index is 918. The molecule has 3 aromatic carbocycles. The van der Waals surface area contributed by atoms with E-state index in [-0.39, 0.29) is 0 Å². The van der Waals surface area contributed by atoms with Crippen LogP contribution in [0.25, 0.3) is 0 Å². The Morgan fingerprint density at radius 1 is 0.645 bits per heavy atom. The lowest BCUT2D eigenvalue weighted by Crippen LogP contribution is -2.66. The first-order valence-corrected chi connectivity index (χ1v) is 11.5. The van der Waals surface area contributed by atoms with E-state index < -0.39 is 6.15 Å². The van der Waals surface area contributed by atoms with Crippen molar-refractivity contribution in [3.8, 4) is 0 Å². The molecule has 0 N–H and O–H groups in total. The Morgan fingerprint density at radius 3 is 1.39 bits per heavy atom. The van der Waals surface area contributed by atoms with Crippen LogP contribution in [0.2, 0.25) is 11.5 Å². The number of pyridine rings is 1. The van der Waals surface area contributed by atoms with Gasteiger partial charge in [0, 0.05) is 12.1 Å². The van der Waals surface area contributed by atoms with Crippen LogP contribution in [0.4, 0.5) is 0 Å². The van der Waals surface area contributed by atoms with Gasteiger partial charge in [0.05, 0.1) is 6.15 Å². The number of aryl methyl sites for hydroxylation is 1. The maximum atomic E-state index is 5.67. The molecule has 1 heterocycles. The monoisotopic (exact) mass is 427 g/mol. The third kappa shape index (κ3) is 5.65. The molecule has 0 fully saturated rings. The van der Waals surface area contributed by atoms with Crippen LogP contribution in [-0.2, 0) is 7.05 Å². The van der Waals surface area contributed by atoms with Crippen molar-refractivity contribution in [1.82, 2.24) is 0 Å². The molecule has 0 atom stereocenters. The predicted octanol–water partition coefficient (Wildman–Crippen LogP) is 5.12. The summed E-state index contributed by atoms with van der Waals surface area (Å²) in [4.78, 5) is 0. The summed E-state index contributed by atoms with van der Waals surface area (Å²) in [5, 5.41) is 0.757. The summed E-state index contributed by atoms with van der Waals surface area (Å²) in [6.45, 7) is 2.28. The fourth-order valence-corrected chi connectivity index (χ4v) is 4.56. The molecule has 1 aromatic heterocycles. The third-order valence-corrected chi connectivity index (χ3v) is 6.48. The molecule has 0 radical (unpaired) electrons. The molecule has 4 aromatic rings. The molecule has 0 unspecified atom stereocenters. The Balaban J connectivity index is 0.000000287. The molecule has 0 saturated heterocycles. The standard InChI is InChI=1S/C22H24B.C6H7ClN/c1-2-3-19-23(20-13-7-4-8-14-20,21-15-9-5-10-16-21)22-17-11-6-12-18-22;1-8-5-3-2-4-6(8)7/h4-18H,2-3,19H2,1H3;2-5H,1H3/q-1;+1. The maximum Gasteiger partial charge on any atom is 0.274 e. The van der Waals surface area contributed by atoms with Crippen molar-refractivity contribution in [1.29, 1.82) is 0 Å². The minimum atomic E-state index is -0.913. The van der Waals surface area contributed by atoms with Crippen LogP contribution in [-0.4, -0.2) is 6.15 Å². The van der Waals surface area contributed by atoms with Gasteiger partial charge >= 0.3 is 0 Å². The number of nitrogens with zero attached hydrogens (tertiary/aromatic N) is 1. The van der Waals surface area contributed by atoms with E-state index in [1.165, 1.54) is 35.6 Å². The molecule has 0 aliphatic carbocycles. The van der Waals surface area contributed by atoms with Crippen molar-refractivity contribution in [2.45, 2.75) is 26.1 Å². The zero-order valence-electron chi connectivity index (χ0n) is 18.5. The molecule has 0 bridgehead atoms. The summed E-state index contributed by atoms with van der Waals surface area (Å²) in [7, 11) is 1.91. The average Bonchev–Trinajstić information content (AvgIpc) is 2.84. The van der Waals surface area contributed by atoms with Gasteiger partial charge in [-0.05, 0) is 17.7 Å². The molecule has 0 amide bonds. The number of aromatic nitrogens is 1. The van der Waals surface area contributed by atoms with Crippen molar-refractivity contribution in [3.63, 3.8) is 0 Å². The van der Waals surface area contributed by atoms with Crippen LogP contribution in [0, 0.1) is 0 Å². The van der Waals surface area contributed by atoms with Crippen LogP contribution in [0.5, 0.6) is 0 Å². The summed E-state index contributed by atoms with van der Waals surface area (Å²) in [5.41, 5.74) is 4.33. The van der Waals surface area contributed by atoms with Gasteiger partial charge in [0.25, 0.3) is 5.15 Å². The topological polar surface area (TPSA) is 3.88 Å². The summed E-state index contributed by atoms with van der Waals surface area (Å²) in [5.74, 6) is 0. The van der Waals surface area contributed by atoms with E-state index in [1.807, 2.05) is 36.0 Å². The second-order valence-corrected chi connectivity index (χ2v) is 8.44. The fraction of sp³-hybridized carbons (Fsp3) is 0.179. The van der Waals surface area contributed by atoms with Crippen molar-refractivity contribution >= 4 is 34.1 Å². The molecule has 0 saturated carbocycles. The van der Waals surface area contributed by atoms with Crippen molar-refractivity contribution in [2.75, 3.05) is 0 Å². The summed E-state index contributed by atoms with van der Waals surface area (Å²) >= 11 is 5.67. The van der Waals surface area contributed by atoms with Gasteiger partial charge in [0.15, 0.2) is 6.20 Å². The number of hydrogen-bond acceptors (Lipinski definition) is 0. The first-order chi connectivity index (χ1) is 15.2. The molecule has 0 aliphatic rings. The second kappa shape index (κ2) is 11.5. The quantitative estimate of drug-likeness (QED) is 0.228. The van der Waals surface area contributed by atoms with Crippen LogP contribution >= 0.6 is 11.6 Å². The highest BCUT2D eigenvalue weighted by Gasteiger charge is 2.28.